The molecule has 152 valence electrons. The van der Waals surface area contributed by atoms with Gasteiger partial charge in [0.2, 0.25) is 0 Å². The van der Waals surface area contributed by atoms with Crippen molar-refractivity contribution in [1.82, 2.24) is 9.97 Å². The number of aromatic nitrogens is 2. The van der Waals surface area contributed by atoms with Gasteiger partial charge >= 0.3 is 0 Å². The van der Waals surface area contributed by atoms with Crippen LogP contribution in [0.3, 0.4) is 0 Å². The zero-order valence-corrected chi connectivity index (χ0v) is 17.3. The van der Waals surface area contributed by atoms with Gasteiger partial charge < -0.3 is 14.9 Å². The first-order chi connectivity index (χ1) is 13.8. The lowest BCUT2D eigenvalue weighted by atomic mass is 10.1. The molecule has 0 amide bonds. The monoisotopic (exact) mass is 402 g/mol. The molecule has 5 nitrogen and oxygen atoms in total. The summed E-state index contributed by atoms with van der Waals surface area (Å²) in [5.74, 6) is 2.60. The third-order valence-electron chi connectivity index (χ3n) is 5.24. The fourth-order valence-electron chi connectivity index (χ4n) is 3.69. The highest BCUT2D eigenvalue weighted by atomic mass is 35.5. The minimum atomic E-state index is 0.0294. The van der Waals surface area contributed by atoms with Gasteiger partial charge in [-0.25, -0.2) is 9.97 Å². The van der Waals surface area contributed by atoms with E-state index >= 15 is 0 Å². The van der Waals surface area contributed by atoms with Crippen LogP contribution in [0.4, 0.5) is 11.6 Å². The standard InChI is InChI=1S/C11H15ClN2.C11H16N2O/c12-9-10-5-4-6-11(13-10)14-7-2-1-3-8-14;14-9-10-5-4-6-11(12-10)13-7-2-1-3-8-13/h4-6H,1-3,7-9H2;4-6,14H,1-3,7-9H2. The van der Waals surface area contributed by atoms with E-state index in [9.17, 15) is 0 Å². The van der Waals surface area contributed by atoms with Crippen molar-refractivity contribution in [2.45, 2.75) is 51.0 Å². The summed E-state index contributed by atoms with van der Waals surface area (Å²) >= 11 is 5.76. The van der Waals surface area contributed by atoms with Gasteiger partial charge in [-0.1, -0.05) is 12.1 Å². The van der Waals surface area contributed by atoms with E-state index in [-0.39, 0.29) is 6.61 Å². The molecule has 6 heteroatoms. The third-order valence-corrected chi connectivity index (χ3v) is 5.52. The van der Waals surface area contributed by atoms with Crippen LogP contribution in [0.1, 0.15) is 49.9 Å². The summed E-state index contributed by atoms with van der Waals surface area (Å²) in [4.78, 5) is 13.5. The SMILES string of the molecule is ClCc1cccc(N2CCCCC2)n1.OCc1cccc(N2CCCCC2)n1. The normalized spacial score (nSPS) is 17.1. The Hall–Kier alpha value is -1.85. The second kappa shape index (κ2) is 11.2. The second-order valence-electron chi connectivity index (χ2n) is 7.36. The summed E-state index contributed by atoms with van der Waals surface area (Å²) in [6.45, 7) is 4.50. The molecule has 4 heterocycles. The van der Waals surface area contributed by atoms with Crippen molar-refractivity contribution in [2.24, 2.45) is 0 Å². The number of piperidine rings is 2. The maximum absolute atomic E-state index is 8.98. The Labute approximate surface area is 173 Å². The molecule has 1 N–H and O–H groups in total. The van der Waals surface area contributed by atoms with Crippen LogP contribution < -0.4 is 9.80 Å². The predicted octanol–water partition coefficient (Wildman–Crippen LogP) is 4.37. The largest absolute Gasteiger partial charge is 0.390 e. The molecular weight excluding hydrogens is 372 g/mol. The highest BCUT2D eigenvalue weighted by Crippen LogP contribution is 2.18. The lowest BCUT2D eigenvalue weighted by Gasteiger charge is -2.27. The van der Waals surface area contributed by atoms with Crippen LogP contribution in [0, 0.1) is 0 Å². The summed E-state index contributed by atoms with van der Waals surface area (Å²) < 4.78 is 0. The van der Waals surface area contributed by atoms with Gasteiger partial charge in [0.1, 0.15) is 11.6 Å². The Morgan fingerprint density at radius 1 is 0.714 bits per heavy atom. The number of hydrogen-bond acceptors (Lipinski definition) is 5. The average molecular weight is 403 g/mol. The number of anilines is 2. The molecule has 2 saturated heterocycles. The molecule has 0 saturated carbocycles. The number of hydrogen-bond donors (Lipinski definition) is 1. The van der Waals surface area contributed by atoms with Crippen LogP contribution in [-0.4, -0.2) is 41.3 Å². The first kappa shape index (κ1) is 20.9. The first-order valence-electron chi connectivity index (χ1n) is 10.4. The molecule has 4 rings (SSSR count). The van der Waals surface area contributed by atoms with E-state index in [1.807, 2.05) is 30.3 Å². The molecule has 28 heavy (non-hydrogen) atoms. The van der Waals surface area contributed by atoms with Crippen LogP contribution in [0.5, 0.6) is 0 Å². The maximum atomic E-state index is 8.98. The Morgan fingerprint density at radius 2 is 1.18 bits per heavy atom. The molecule has 2 aromatic rings. The molecule has 0 bridgehead atoms. The average Bonchev–Trinajstić information content (AvgIpc) is 2.81. The molecule has 0 radical (unpaired) electrons. The Bertz CT molecular complexity index is 654. The highest BCUT2D eigenvalue weighted by Gasteiger charge is 2.12. The summed E-state index contributed by atoms with van der Waals surface area (Å²) in [5, 5.41) is 8.98. The smallest absolute Gasteiger partial charge is 0.128 e. The van der Waals surface area contributed by atoms with Gasteiger partial charge in [-0.15, -0.1) is 11.6 Å². The third kappa shape index (κ3) is 6.08. The Kier molecular flexibility index (Phi) is 8.37. The molecule has 0 unspecified atom stereocenters. The van der Waals surface area contributed by atoms with E-state index in [0.29, 0.717) is 5.88 Å². The van der Waals surface area contributed by atoms with Crippen LogP contribution in [0.15, 0.2) is 36.4 Å². The van der Waals surface area contributed by atoms with E-state index in [1.54, 1.807) is 0 Å². The number of aliphatic hydroxyl groups is 1. The zero-order chi connectivity index (χ0) is 19.6. The quantitative estimate of drug-likeness (QED) is 0.769. The predicted molar refractivity (Wildman–Crippen MR) is 116 cm³/mol. The fourth-order valence-corrected chi connectivity index (χ4v) is 3.84. The van der Waals surface area contributed by atoms with Crippen molar-refractivity contribution in [3.8, 4) is 0 Å². The molecule has 0 atom stereocenters. The second-order valence-corrected chi connectivity index (χ2v) is 7.63. The number of pyridine rings is 2. The number of alkyl halides is 1. The number of halogens is 1. The Balaban J connectivity index is 0.000000161. The molecule has 2 aliphatic heterocycles. The van der Waals surface area contributed by atoms with E-state index in [4.69, 9.17) is 16.7 Å². The summed E-state index contributed by atoms with van der Waals surface area (Å²) in [5.41, 5.74) is 1.72. The van der Waals surface area contributed by atoms with E-state index in [0.717, 1.165) is 49.2 Å². The van der Waals surface area contributed by atoms with Gasteiger partial charge in [0, 0.05) is 26.2 Å². The summed E-state index contributed by atoms with van der Waals surface area (Å²) in [7, 11) is 0. The molecular formula is C22H31ClN4O. The number of rotatable bonds is 4. The zero-order valence-electron chi connectivity index (χ0n) is 16.6. The van der Waals surface area contributed by atoms with E-state index < -0.39 is 0 Å². The van der Waals surface area contributed by atoms with Crippen LogP contribution >= 0.6 is 11.6 Å². The molecule has 0 aromatic carbocycles. The van der Waals surface area contributed by atoms with Crippen molar-refractivity contribution >= 4 is 23.2 Å². The minimum Gasteiger partial charge on any atom is -0.390 e. The minimum absolute atomic E-state index is 0.0294. The van der Waals surface area contributed by atoms with Crippen LogP contribution in [0.25, 0.3) is 0 Å². The molecule has 2 aromatic heterocycles. The van der Waals surface area contributed by atoms with Crippen LogP contribution in [-0.2, 0) is 12.5 Å². The van der Waals surface area contributed by atoms with Gasteiger partial charge in [0.25, 0.3) is 0 Å². The molecule has 0 aliphatic carbocycles. The summed E-state index contributed by atoms with van der Waals surface area (Å²) in [6.07, 6.45) is 7.76. The molecule has 0 spiro atoms. The van der Waals surface area contributed by atoms with Gasteiger partial charge in [-0.2, -0.15) is 0 Å². The van der Waals surface area contributed by atoms with Crippen LogP contribution in [0.2, 0.25) is 0 Å². The van der Waals surface area contributed by atoms with Crippen molar-refractivity contribution < 1.29 is 5.11 Å². The molecule has 2 fully saturated rings. The van der Waals surface area contributed by atoms with Gasteiger partial charge in [-0.3, -0.25) is 0 Å². The lowest BCUT2D eigenvalue weighted by Crippen LogP contribution is -2.30. The van der Waals surface area contributed by atoms with Crippen molar-refractivity contribution in [3.05, 3.63) is 47.8 Å². The Morgan fingerprint density at radius 3 is 1.64 bits per heavy atom. The first-order valence-corrected chi connectivity index (χ1v) is 10.9. The van der Waals surface area contributed by atoms with Gasteiger partial charge in [0.15, 0.2) is 0 Å². The molecule has 2 aliphatic rings. The van der Waals surface area contributed by atoms with Crippen molar-refractivity contribution in [1.29, 1.82) is 0 Å². The van der Waals surface area contributed by atoms with Gasteiger partial charge in [-0.05, 0) is 62.8 Å². The van der Waals surface area contributed by atoms with Crippen molar-refractivity contribution in [3.63, 3.8) is 0 Å². The maximum Gasteiger partial charge on any atom is 0.128 e. The van der Waals surface area contributed by atoms with Crippen molar-refractivity contribution in [2.75, 3.05) is 36.0 Å². The van der Waals surface area contributed by atoms with Gasteiger partial charge in [0.05, 0.1) is 23.9 Å². The topological polar surface area (TPSA) is 52.5 Å². The van der Waals surface area contributed by atoms with E-state index in [2.05, 4.69) is 25.8 Å². The fraction of sp³-hybridized carbons (Fsp3) is 0.545. The lowest BCUT2D eigenvalue weighted by molar-refractivity contribution is 0.277. The number of nitrogens with zero attached hydrogens (tertiary/aromatic N) is 4. The summed E-state index contributed by atoms with van der Waals surface area (Å²) in [6, 6.07) is 11.9. The van der Waals surface area contributed by atoms with E-state index in [1.165, 1.54) is 38.5 Å². The highest BCUT2D eigenvalue weighted by molar-refractivity contribution is 6.16. The number of aliphatic hydroxyl groups excluding tert-OH is 1.